The van der Waals surface area contributed by atoms with Crippen molar-refractivity contribution in [2.45, 2.75) is 194 Å². The first-order chi connectivity index (χ1) is 37.5. The van der Waals surface area contributed by atoms with Crippen LogP contribution in [-0.4, -0.2) is 144 Å². The van der Waals surface area contributed by atoms with Crippen LogP contribution in [0.15, 0.2) is 36.4 Å². The third kappa shape index (κ3) is 26.3. The number of carbonyl (C=O) groups excluding carboxylic acids is 10. The van der Waals surface area contributed by atoms with Crippen LogP contribution in [0, 0.1) is 6.92 Å². The molecule has 4 bridgehead atoms. The monoisotopic (exact) mass is 1140 g/mol. The zero-order chi connectivity index (χ0) is 61.0. The van der Waals surface area contributed by atoms with Crippen molar-refractivity contribution in [3.05, 3.63) is 53.1 Å². The Morgan fingerprint density at radius 1 is 0.593 bits per heavy atom. The molecule has 0 radical (unpaired) electrons. The lowest BCUT2D eigenvalue weighted by Gasteiger charge is -2.28. The number of hydrogen-bond donors (Lipinski definition) is 11. The van der Waals surface area contributed by atoms with Gasteiger partial charge in [0, 0.05) is 45.4 Å². The average molecular weight is 1140 g/mol. The van der Waals surface area contributed by atoms with Crippen LogP contribution in [-0.2, 0) is 60.6 Å². The number of benzene rings is 2. The number of nitrogens with two attached hydrogens (primary N) is 1. The summed E-state index contributed by atoms with van der Waals surface area (Å²) in [5.41, 5.74) is 4.76. The second-order valence-corrected chi connectivity index (χ2v) is 23.7. The Labute approximate surface area is 474 Å². The van der Waals surface area contributed by atoms with E-state index in [4.69, 9.17) is 24.7 Å². The molecular formula is C56H86N10O15. The Hall–Kier alpha value is -7.86. The summed E-state index contributed by atoms with van der Waals surface area (Å²) < 4.78 is 21.4. The maximum Gasteiger partial charge on any atom is 0.408 e. The third-order valence-corrected chi connectivity index (χ3v) is 11.6. The summed E-state index contributed by atoms with van der Waals surface area (Å²) in [5, 5.41) is 34.9. The topological polar surface area (TPSA) is 362 Å². The van der Waals surface area contributed by atoms with E-state index in [1.54, 1.807) is 120 Å². The van der Waals surface area contributed by atoms with Crippen LogP contribution in [0.5, 0.6) is 5.75 Å². The molecule has 25 nitrogen and oxygen atoms in total. The van der Waals surface area contributed by atoms with Gasteiger partial charge < -0.3 is 77.6 Å². The second-order valence-electron chi connectivity index (χ2n) is 23.7. The summed E-state index contributed by atoms with van der Waals surface area (Å²) in [6, 6.07) is 2.86. The molecule has 1 aliphatic heterocycles. The number of phenols is 1. The molecule has 25 heteroatoms. The number of amides is 10. The van der Waals surface area contributed by atoms with Crippen LogP contribution in [0.25, 0.3) is 11.1 Å². The molecule has 0 fully saturated rings. The zero-order valence-electron chi connectivity index (χ0n) is 49.1. The van der Waals surface area contributed by atoms with Gasteiger partial charge >= 0.3 is 24.4 Å². The largest absolute Gasteiger partial charge is 0.508 e. The van der Waals surface area contributed by atoms with Gasteiger partial charge in [0.05, 0.1) is 0 Å². The number of carbonyl (C=O) groups is 10. The minimum absolute atomic E-state index is 0.0221. The van der Waals surface area contributed by atoms with Crippen LogP contribution >= 0.6 is 0 Å². The number of rotatable bonds is 20. The summed E-state index contributed by atoms with van der Waals surface area (Å²) in [5.74, 6) is -5.26. The highest BCUT2D eigenvalue weighted by atomic mass is 16.6. The number of fused-ring (bicyclic) bond motifs is 5. The molecule has 3 rings (SSSR count). The highest BCUT2D eigenvalue weighted by Gasteiger charge is 2.35. The molecule has 0 aromatic heterocycles. The molecule has 0 unspecified atom stereocenters. The van der Waals surface area contributed by atoms with E-state index in [0.717, 1.165) is 0 Å². The highest BCUT2D eigenvalue weighted by molar-refractivity contribution is 5.96. The summed E-state index contributed by atoms with van der Waals surface area (Å²) in [6.45, 7) is 21.6. The predicted octanol–water partition coefficient (Wildman–Crippen LogP) is 3.81. The quantitative estimate of drug-likeness (QED) is 0.0663. The molecule has 2 aromatic carbocycles. The van der Waals surface area contributed by atoms with Gasteiger partial charge in [-0.2, -0.15) is 0 Å². The van der Waals surface area contributed by atoms with Gasteiger partial charge in [0.15, 0.2) is 0 Å². The maximum atomic E-state index is 15.0. The molecule has 10 amide bonds. The summed E-state index contributed by atoms with van der Waals surface area (Å²) >= 11 is 0. The lowest BCUT2D eigenvalue weighted by Crippen LogP contribution is -2.60. The second kappa shape index (κ2) is 30.1. The number of primary amides is 1. The van der Waals surface area contributed by atoms with Gasteiger partial charge in [0.25, 0.3) is 0 Å². The lowest BCUT2D eigenvalue weighted by molar-refractivity contribution is -0.135. The standard InChI is InChI=1S/C56H86N10O15/c1-32-18-19-33-28-35(32)30-40(47(72)62-37(16-14-24-59-49(74)78-53(2,3)4)45(70)64-39(21-23-43(57)68)44(69)58-26-27-61-51(76)80-55(8,9)10)65-46(71)38(17-15-25-60-50(75)79-54(5,6)7)63-48(73)41(66-52(77)81-56(11,12)13)31-36-29-34(33)20-22-42(36)67/h18-20,22,28-29,37-41,67H,14-17,21,23-27,30-31H2,1-13H3,(H2,57,68)(H,58,69)(H,59,74)(H,60,75)(H,61,76)(H,62,72)(H,63,73)(H,64,70)(H,65,71)(H,66,77)/t37-,38+,39-,40+,41+/m1/s1. The average Bonchev–Trinajstić information content (AvgIpc) is 3.40. The number of aromatic hydroxyl groups is 1. The fraction of sp³-hybridized carbons (Fsp3) is 0.607. The third-order valence-electron chi connectivity index (χ3n) is 11.6. The van der Waals surface area contributed by atoms with Crippen molar-refractivity contribution < 1.29 is 72.0 Å². The number of hydrogen-bond acceptors (Lipinski definition) is 15. The molecule has 450 valence electrons. The Balaban J connectivity index is 2.13. The summed E-state index contributed by atoms with van der Waals surface area (Å²) in [4.78, 5) is 135. The van der Waals surface area contributed by atoms with Crippen molar-refractivity contribution >= 4 is 59.8 Å². The number of nitrogens with one attached hydrogen (secondary N) is 9. The minimum Gasteiger partial charge on any atom is -0.508 e. The SMILES string of the molecule is Cc1ccc2cc1C[C@@H](C(=O)N[C@H](CCCNC(=O)OC(C)(C)C)C(=O)N[C@H](CCC(N)=O)C(=O)NCCNC(=O)OC(C)(C)C)NC(=O)[C@H](CCCNC(=O)OC(C)(C)C)NC(=O)[C@@H](NC(=O)OC(C)(C)C)Cc1cc-2ccc1O. The van der Waals surface area contributed by atoms with E-state index in [-0.39, 0.29) is 88.9 Å². The van der Waals surface area contributed by atoms with Gasteiger partial charge in [-0.25, -0.2) is 19.2 Å². The first-order valence-corrected chi connectivity index (χ1v) is 27.1. The molecule has 0 saturated heterocycles. The Kier molecular flexibility index (Phi) is 25.0. The predicted molar refractivity (Wildman–Crippen MR) is 299 cm³/mol. The van der Waals surface area contributed by atoms with Gasteiger partial charge in [0.1, 0.15) is 58.4 Å². The summed E-state index contributed by atoms with van der Waals surface area (Å²) in [6.07, 6.45) is -4.41. The number of alkyl carbamates (subject to hydrolysis) is 4. The van der Waals surface area contributed by atoms with Gasteiger partial charge in [0.2, 0.25) is 35.4 Å². The highest BCUT2D eigenvalue weighted by Crippen LogP contribution is 2.29. The Bertz CT molecular complexity index is 2560. The fourth-order valence-electron chi connectivity index (χ4n) is 7.90. The van der Waals surface area contributed by atoms with E-state index >= 15 is 0 Å². The molecule has 1 aliphatic rings. The fourth-order valence-corrected chi connectivity index (χ4v) is 7.90. The smallest absolute Gasteiger partial charge is 0.408 e. The van der Waals surface area contributed by atoms with Crippen LogP contribution in [0.4, 0.5) is 19.2 Å². The van der Waals surface area contributed by atoms with Gasteiger partial charge in [-0.1, -0.05) is 24.3 Å². The molecule has 1 heterocycles. The van der Waals surface area contributed by atoms with E-state index in [1.807, 2.05) is 0 Å². The van der Waals surface area contributed by atoms with Gasteiger partial charge in [-0.05, 0) is 162 Å². The van der Waals surface area contributed by atoms with Crippen molar-refractivity contribution in [1.82, 2.24) is 47.9 Å². The van der Waals surface area contributed by atoms with Crippen LogP contribution in [0.2, 0.25) is 0 Å². The molecule has 5 atom stereocenters. The van der Waals surface area contributed by atoms with Crippen molar-refractivity contribution in [1.29, 1.82) is 0 Å². The van der Waals surface area contributed by atoms with E-state index in [2.05, 4.69) is 47.9 Å². The molecule has 81 heavy (non-hydrogen) atoms. The van der Waals surface area contributed by atoms with Crippen molar-refractivity contribution in [2.75, 3.05) is 26.2 Å². The first kappa shape index (κ1) is 67.4. The normalized spacial score (nSPS) is 16.6. The molecule has 2 aromatic rings. The van der Waals surface area contributed by atoms with Crippen molar-refractivity contribution in [2.24, 2.45) is 5.73 Å². The van der Waals surface area contributed by atoms with Crippen LogP contribution in [0.3, 0.4) is 0 Å². The first-order valence-electron chi connectivity index (χ1n) is 27.1. The number of ether oxygens (including phenoxy) is 4. The van der Waals surface area contributed by atoms with E-state index in [1.165, 1.54) is 6.07 Å². The number of phenolic OH excluding ortho intramolecular Hbond substituents is 1. The van der Waals surface area contributed by atoms with Crippen LogP contribution in [0.1, 0.15) is 138 Å². The van der Waals surface area contributed by atoms with E-state index in [9.17, 15) is 53.1 Å². The van der Waals surface area contributed by atoms with Gasteiger partial charge in [-0.15, -0.1) is 0 Å². The molecule has 12 N–H and O–H groups in total. The van der Waals surface area contributed by atoms with Crippen molar-refractivity contribution in [3.63, 3.8) is 0 Å². The van der Waals surface area contributed by atoms with E-state index < -0.39 is 112 Å². The van der Waals surface area contributed by atoms with Gasteiger partial charge in [-0.3, -0.25) is 28.8 Å². The Morgan fingerprint density at radius 2 is 1.09 bits per heavy atom. The molecule has 0 saturated carbocycles. The maximum absolute atomic E-state index is 15.0. The Morgan fingerprint density at radius 3 is 1.64 bits per heavy atom. The number of aryl methyl sites for hydroxylation is 1. The molecule has 0 aliphatic carbocycles. The van der Waals surface area contributed by atoms with E-state index in [0.29, 0.717) is 22.3 Å². The zero-order valence-corrected chi connectivity index (χ0v) is 49.1. The molecular weight excluding hydrogens is 1050 g/mol. The lowest BCUT2D eigenvalue weighted by atomic mass is 9.93. The van der Waals surface area contributed by atoms with Crippen LogP contribution < -0.4 is 53.6 Å². The minimum atomic E-state index is -1.50. The summed E-state index contributed by atoms with van der Waals surface area (Å²) in [7, 11) is 0. The van der Waals surface area contributed by atoms with Crippen molar-refractivity contribution in [3.8, 4) is 16.9 Å². The molecule has 0 spiro atoms.